The number of rotatable bonds is 5. The van der Waals surface area contributed by atoms with E-state index in [1.807, 2.05) is 42.7 Å². The van der Waals surface area contributed by atoms with E-state index in [-0.39, 0.29) is 0 Å². The van der Waals surface area contributed by atoms with E-state index in [2.05, 4.69) is 130 Å². The SMILES string of the molecule is c1ccc(-c2nc3c4c5ccccc5n(-c5cc(-c6ccccn6)cc(-c6ccccn6)c5)c4ccc3n2-c2ccccc2)cc1. The molecule has 5 aromatic carbocycles. The number of fused-ring (bicyclic) bond motifs is 5. The van der Waals surface area contributed by atoms with Crippen LogP contribution in [0.15, 0.2) is 164 Å². The minimum Gasteiger partial charge on any atom is -0.309 e. The lowest BCUT2D eigenvalue weighted by molar-refractivity contribution is 1.10. The van der Waals surface area contributed by atoms with E-state index in [1.54, 1.807) is 0 Å². The highest BCUT2D eigenvalue weighted by atomic mass is 15.1. The van der Waals surface area contributed by atoms with E-state index in [0.717, 1.165) is 78.1 Å². The summed E-state index contributed by atoms with van der Waals surface area (Å²) in [6.45, 7) is 0. The van der Waals surface area contributed by atoms with Crippen molar-refractivity contribution >= 4 is 32.8 Å². The zero-order valence-electron chi connectivity index (χ0n) is 24.8. The van der Waals surface area contributed by atoms with Crippen LogP contribution in [0.5, 0.6) is 0 Å². The Balaban J connectivity index is 1.38. The molecule has 5 nitrogen and oxygen atoms in total. The second kappa shape index (κ2) is 10.7. The van der Waals surface area contributed by atoms with Gasteiger partial charge in [0.05, 0.1) is 33.5 Å². The van der Waals surface area contributed by atoms with E-state index in [0.29, 0.717) is 0 Å². The minimum atomic E-state index is 0.916. The first-order chi connectivity index (χ1) is 22.8. The van der Waals surface area contributed by atoms with Crippen molar-refractivity contribution in [2.24, 2.45) is 0 Å². The van der Waals surface area contributed by atoms with Gasteiger partial charge in [0.1, 0.15) is 5.82 Å². The summed E-state index contributed by atoms with van der Waals surface area (Å²) >= 11 is 0. The Morgan fingerprint density at radius 2 is 1.02 bits per heavy atom. The molecule has 0 aliphatic rings. The van der Waals surface area contributed by atoms with Gasteiger partial charge in [-0.3, -0.25) is 14.5 Å². The minimum absolute atomic E-state index is 0.916. The maximum absolute atomic E-state index is 5.40. The molecule has 0 saturated heterocycles. The lowest BCUT2D eigenvalue weighted by Crippen LogP contribution is -1.98. The van der Waals surface area contributed by atoms with Gasteiger partial charge in [-0.05, 0) is 72.8 Å². The smallest absolute Gasteiger partial charge is 0.145 e. The molecule has 5 heteroatoms. The molecule has 216 valence electrons. The third-order valence-corrected chi connectivity index (χ3v) is 8.60. The fourth-order valence-corrected chi connectivity index (χ4v) is 6.60. The Hall–Kier alpha value is -6.33. The zero-order valence-corrected chi connectivity index (χ0v) is 24.8. The number of nitrogens with zero attached hydrogens (tertiary/aromatic N) is 5. The van der Waals surface area contributed by atoms with E-state index in [9.17, 15) is 0 Å². The molecular formula is C41H27N5. The van der Waals surface area contributed by atoms with Crippen LogP contribution in [0.1, 0.15) is 0 Å². The molecule has 0 bridgehead atoms. The van der Waals surface area contributed by atoms with Crippen LogP contribution in [-0.2, 0) is 0 Å². The summed E-state index contributed by atoms with van der Waals surface area (Å²) in [6.07, 6.45) is 3.68. The van der Waals surface area contributed by atoms with Gasteiger partial charge in [0.2, 0.25) is 0 Å². The predicted molar refractivity (Wildman–Crippen MR) is 187 cm³/mol. The first-order valence-electron chi connectivity index (χ1n) is 15.4. The summed E-state index contributed by atoms with van der Waals surface area (Å²) in [4.78, 5) is 14.8. The molecule has 0 saturated carbocycles. The van der Waals surface area contributed by atoms with Crippen LogP contribution in [0.3, 0.4) is 0 Å². The lowest BCUT2D eigenvalue weighted by Gasteiger charge is -2.13. The van der Waals surface area contributed by atoms with E-state index in [4.69, 9.17) is 15.0 Å². The summed E-state index contributed by atoms with van der Waals surface area (Å²) in [5.41, 5.74) is 11.3. The molecule has 0 aliphatic heterocycles. The van der Waals surface area contributed by atoms with E-state index < -0.39 is 0 Å². The number of benzene rings is 5. The molecule has 0 atom stereocenters. The van der Waals surface area contributed by atoms with Crippen molar-refractivity contribution in [2.75, 3.05) is 0 Å². The van der Waals surface area contributed by atoms with Gasteiger partial charge in [0.15, 0.2) is 0 Å². The van der Waals surface area contributed by atoms with Gasteiger partial charge in [-0.2, -0.15) is 0 Å². The number of aromatic nitrogens is 5. The molecule has 4 aromatic heterocycles. The molecular weight excluding hydrogens is 562 g/mol. The molecule has 0 fully saturated rings. The molecule has 0 radical (unpaired) electrons. The molecule has 0 amide bonds. The van der Waals surface area contributed by atoms with E-state index >= 15 is 0 Å². The Morgan fingerprint density at radius 3 is 1.70 bits per heavy atom. The molecule has 46 heavy (non-hydrogen) atoms. The first-order valence-corrected chi connectivity index (χ1v) is 15.4. The summed E-state index contributed by atoms with van der Waals surface area (Å²) in [5.74, 6) is 0.917. The van der Waals surface area contributed by atoms with Crippen molar-refractivity contribution < 1.29 is 0 Å². The topological polar surface area (TPSA) is 48.5 Å². The van der Waals surface area contributed by atoms with Crippen LogP contribution >= 0.6 is 0 Å². The number of hydrogen-bond donors (Lipinski definition) is 0. The number of pyridine rings is 2. The van der Waals surface area contributed by atoms with Crippen LogP contribution in [0.4, 0.5) is 0 Å². The third kappa shape index (κ3) is 4.21. The second-order valence-corrected chi connectivity index (χ2v) is 11.4. The number of imidazole rings is 1. The van der Waals surface area contributed by atoms with Crippen LogP contribution < -0.4 is 0 Å². The number of hydrogen-bond acceptors (Lipinski definition) is 3. The van der Waals surface area contributed by atoms with Crippen LogP contribution in [0.2, 0.25) is 0 Å². The van der Waals surface area contributed by atoms with Crippen molar-refractivity contribution in [1.82, 2.24) is 24.1 Å². The molecule has 0 aliphatic carbocycles. The quantitative estimate of drug-likeness (QED) is 0.201. The van der Waals surface area contributed by atoms with Gasteiger partial charge < -0.3 is 4.57 Å². The van der Waals surface area contributed by atoms with Gasteiger partial charge in [0.25, 0.3) is 0 Å². The molecule has 0 spiro atoms. The van der Waals surface area contributed by atoms with Crippen LogP contribution in [0.25, 0.3) is 78.1 Å². The molecule has 0 unspecified atom stereocenters. The van der Waals surface area contributed by atoms with Crippen molar-refractivity contribution in [3.05, 3.63) is 164 Å². The van der Waals surface area contributed by atoms with E-state index in [1.165, 1.54) is 0 Å². The Morgan fingerprint density at radius 1 is 0.413 bits per heavy atom. The summed E-state index contributed by atoms with van der Waals surface area (Å²) in [6, 6.07) is 52.7. The highest BCUT2D eigenvalue weighted by Crippen LogP contribution is 2.40. The van der Waals surface area contributed by atoms with Gasteiger partial charge in [-0.15, -0.1) is 0 Å². The maximum atomic E-state index is 5.40. The highest BCUT2D eigenvalue weighted by Gasteiger charge is 2.21. The molecule has 4 heterocycles. The van der Waals surface area contributed by atoms with Crippen LogP contribution in [0, 0.1) is 0 Å². The average molecular weight is 590 g/mol. The van der Waals surface area contributed by atoms with Gasteiger partial charge in [-0.1, -0.05) is 78.9 Å². The Labute approximate surface area is 265 Å². The Bertz CT molecular complexity index is 2440. The molecule has 0 N–H and O–H groups in total. The fourth-order valence-electron chi connectivity index (χ4n) is 6.60. The van der Waals surface area contributed by atoms with Crippen molar-refractivity contribution in [1.29, 1.82) is 0 Å². The van der Waals surface area contributed by atoms with Gasteiger partial charge >= 0.3 is 0 Å². The summed E-state index contributed by atoms with van der Waals surface area (Å²) in [5, 5.41) is 2.28. The standard InChI is InChI=1S/C41H27N5/c1-3-13-28(14-4-1)41-44-40-38(46(41)31-15-5-2-6-16-31)22-21-37-39(40)33-17-7-8-20-36(33)45(37)32-26-29(34-18-9-11-23-42-34)25-30(27-32)35-19-10-12-24-43-35/h1-27H. The first kappa shape index (κ1) is 26.1. The fraction of sp³-hybridized carbons (Fsp3) is 0. The average Bonchev–Trinajstić information content (AvgIpc) is 3.69. The molecule has 9 aromatic rings. The van der Waals surface area contributed by atoms with Gasteiger partial charge in [-0.25, -0.2) is 4.98 Å². The zero-order chi connectivity index (χ0) is 30.5. The van der Waals surface area contributed by atoms with Crippen molar-refractivity contribution in [2.45, 2.75) is 0 Å². The highest BCUT2D eigenvalue weighted by molar-refractivity contribution is 6.20. The van der Waals surface area contributed by atoms with Crippen LogP contribution in [-0.4, -0.2) is 24.1 Å². The maximum Gasteiger partial charge on any atom is 0.145 e. The predicted octanol–water partition coefficient (Wildman–Crippen LogP) is 9.91. The summed E-state index contributed by atoms with van der Waals surface area (Å²) in [7, 11) is 0. The lowest BCUT2D eigenvalue weighted by atomic mass is 10.0. The normalized spacial score (nSPS) is 11.5. The summed E-state index contributed by atoms with van der Waals surface area (Å²) < 4.78 is 4.63. The Kier molecular flexibility index (Phi) is 6.06. The number of para-hydroxylation sites is 2. The monoisotopic (exact) mass is 589 g/mol. The third-order valence-electron chi connectivity index (χ3n) is 8.60. The second-order valence-electron chi connectivity index (χ2n) is 11.4. The van der Waals surface area contributed by atoms with Crippen molar-refractivity contribution in [3.8, 4) is 45.3 Å². The largest absolute Gasteiger partial charge is 0.309 e. The molecule has 9 rings (SSSR count). The van der Waals surface area contributed by atoms with Crippen molar-refractivity contribution in [3.63, 3.8) is 0 Å². The van der Waals surface area contributed by atoms with Gasteiger partial charge in [0, 0.05) is 51.2 Å².